The van der Waals surface area contributed by atoms with E-state index < -0.39 is 17.9 Å². The number of thiocarbonyl (C=S) groups is 1. The SMILES string of the molecule is C[C@@H](C(=O)[O-])N1C(=O)C(=Cc2ccc(Cl)cc2)SC1=S. The van der Waals surface area contributed by atoms with Crippen molar-refractivity contribution >= 4 is 57.9 Å². The number of hydrogen-bond donors (Lipinski definition) is 0. The maximum atomic E-state index is 12.2. The molecule has 20 heavy (non-hydrogen) atoms. The summed E-state index contributed by atoms with van der Waals surface area (Å²) in [4.78, 5) is 24.5. The highest BCUT2D eigenvalue weighted by Gasteiger charge is 2.35. The topological polar surface area (TPSA) is 60.4 Å². The van der Waals surface area contributed by atoms with Crippen molar-refractivity contribution in [1.82, 2.24) is 4.90 Å². The molecule has 1 heterocycles. The third-order valence-corrected chi connectivity index (χ3v) is 4.30. The van der Waals surface area contributed by atoms with E-state index in [1.54, 1.807) is 30.3 Å². The van der Waals surface area contributed by atoms with E-state index in [1.807, 2.05) is 0 Å². The van der Waals surface area contributed by atoms with Crippen LogP contribution in [0, 0.1) is 0 Å². The molecule has 1 aliphatic rings. The number of carboxylic acid groups (broad SMARTS) is 1. The molecular formula is C13H9ClNO3S2-. The van der Waals surface area contributed by atoms with E-state index in [1.165, 1.54) is 6.92 Å². The van der Waals surface area contributed by atoms with Gasteiger partial charge in [-0.25, -0.2) is 0 Å². The first kappa shape index (κ1) is 15.0. The molecule has 0 unspecified atom stereocenters. The van der Waals surface area contributed by atoms with Gasteiger partial charge in [-0.05, 0) is 30.7 Å². The molecule has 1 aromatic rings. The first-order valence-corrected chi connectivity index (χ1v) is 7.24. The molecule has 0 aliphatic carbocycles. The van der Waals surface area contributed by atoms with E-state index >= 15 is 0 Å². The number of rotatable bonds is 3. The Hall–Kier alpha value is -1.37. The second kappa shape index (κ2) is 5.95. The molecule has 0 aromatic heterocycles. The lowest BCUT2D eigenvalue weighted by Crippen LogP contribution is -2.48. The highest BCUT2D eigenvalue weighted by atomic mass is 35.5. The van der Waals surface area contributed by atoms with Crippen LogP contribution in [-0.2, 0) is 9.59 Å². The van der Waals surface area contributed by atoms with Gasteiger partial charge in [0, 0.05) is 5.02 Å². The van der Waals surface area contributed by atoms with Gasteiger partial charge < -0.3 is 9.90 Å². The molecule has 1 amide bonds. The van der Waals surface area contributed by atoms with Crippen LogP contribution >= 0.6 is 35.6 Å². The van der Waals surface area contributed by atoms with Crippen LogP contribution in [0.3, 0.4) is 0 Å². The highest BCUT2D eigenvalue weighted by Crippen LogP contribution is 2.33. The summed E-state index contributed by atoms with van der Waals surface area (Å²) in [6.45, 7) is 1.37. The van der Waals surface area contributed by atoms with Gasteiger partial charge in [-0.2, -0.15) is 0 Å². The molecule has 0 saturated carbocycles. The summed E-state index contributed by atoms with van der Waals surface area (Å²) in [6.07, 6.45) is 1.65. The average Bonchev–Trinajstić information content (AvgIpc) is 2.66. The minimum atomic E-state index is -1.34. The molecule has 0 spiro atoms. The van der Waals surface area contributed by atoms with Gasteiger partial charge >= 0.3 is 0 Å². The normalized spacial score (nSPS) is 18.7. The molecule has 0 radical (unpaired) electrons. The van der Waals surface area contributed by atoms with Crippen LogP contribution in [0.1, 0.15) is 12.5 Å². The molecular weight excluding hydrogens is 318 g/mol. The maximum absolute atomic E-state index is 12.2. The Bertz CT molecular complexity index is 613. The number of hydrogen-bond acceptors (Lipinski definition) is 5. The number of thioether (sulfide) groups is 1. The number of nitrogens with zero attached hydrogens (tertiary/aromatic N) is 1. The van der Waals surface area contributed by atoms with Crippen LogP contribution in [0.25, 0.3) is 6.08 Å². The van der Waals surface area contributed by atoms with Gasteiger partial charge in [-0.15, -0.1) is 0 Å². The van der Waals surface area contributed by atoms with E-state index in [2.05, 4.69) is 0 Å². The largest absolute Gasteiger partial charge is 0.548 e. The molecule has 1 fully saturated rings. The monoisotopic (exact) mass is 326 g/mol. The van der Waals surface area contributed by atoms with Gasteiger partial charge in [0.15, 0.2) is 0 Å². The summed E-state index contributed by atoms with van der Waals surface area (Å²) in [5, 5.41) is 11.5. The summed E-state index contributed by atoms with van der Waals surface area (Å²) < 4.78 is 0.215. The van der Waals surface area contributed by atoms with Gasteiger partial charge in [0.05, 0.1) is 16.9 Å². The van der Waals surface area contributed by atoms with Crippen molar-refractivity contribution in [1.29, 1.82) is 0 Å². The Balaban J connectivity index is 2.28. The molecule has 4 nitrogen and oxygen atoms in total. The van der Waals surface area contributed by atoms with E-state index in [0.29, 0.717) is 9.93 Å². The molecule has 7 heteroatoms. The number of carbonyl (C=O) groups is 2. The molecule has 0 N–H and O–H groups in total. The third-order valence-electron chi connectivity index (χ3n) is 2.72. The standard InChI is InChI=1S/C13H10ClNO3S2/c1-7(12(17)18)15-11(16)10(20-13(15)19)6-8-2-4-9(14)5-3-8/h2-7H,1H3,(H,17,18)/p-1/t7-/m0/s1. The van der Waals surface area contributed by atoms with Crippen molar-refractivity contribution in [2.24, 2.45) is 0 Å². The Morgan fingerprint density at radius 3 is 2.60 bits per heavy atom. The zero-order valence-electron chi connectivity index (χ0n) is 10.3. The van der Waals surface area contributed by atoms with Crippen LogP contribution in [-0.4, -0.2) is 27.1 Å². The van der Waals surface area contributed by atoms with Crippen molar-refractivity contribution in [3.05, 3.63) is 39.8 Å². The molecule has 104 valence electrons. The second-order valence-electron chi connectivity index (χ2n) is 4.10. The average molecular weight is 327 g/mol. The summed E-state index contributed by atoms with van der Waals surface area (Å²) in [6, 6.07) is 5.85. The van der Waals surface area contributed by atoms with Gasteiger partial charge in [-0.3, -0.25) is 9.69 Å². The lowest BCUT2D eigenvalue weighted by atomic mass is 10.2. The van der Waals surface area contributed by atoms with Crippen LogP contribution < -0.4 is 5.11 Å². The predicted octanol–water partition coefficient (Wildman–Crippen LogP) is 1.68. The van der Waals surface area contributed by atoms with E-state index in [9.17, 15) is 14.7 Å². The molecule has 1 atom stereocenters. The summed E-state index contributed by atoms with van der Waals surface area (Å²) in [5.41, 5.74) is 0.788. The van der Waals surface area contributed by atoms with E-state index in [0.717, 1.165) is 22.2 Å². The summed E-state index contributed by atoms with van der Waals surface area (Å²) in [7, 11) is 0. The maximum Gasteiger partial charge on any atom is 0.266 e. The Morgan fingerprint density at radius 2 is 2.05 bits per heavy atom. The van der Waals surface area contributed by atoms with Crippen LogP contribution in [0.5, 0.6) is 0 Å². The Kier molecular flexibility index (Phi) is 4.47. The number of benzene rings is 1. The first-order chi connectivity index (χ1) is 9.40. The molecule has 1 saturated heterocycles. The minimum Gasteiger partial charge on any atom is -0.548 e. The zero-order valence-corrected chi connectivity index (χ0v) is 12.7. The van der Waals surface area contributed by atoms with E-state index in [4.69, 9.17) is 23.8 Å². The van der Waals surface area contributed by atoms with Crippen molar-refractivity contribution in [3.63, 3.8) is 0 Å². The van der Waals surface area contributed by atoms with Gasteiger partial charge in [0.1, 0.15) is 4.32 Å². The molecule has 1 aliphatic heterocycles. The fraction of sp³-hybridized carbons (Fsp3) is 0.154. The quantitative estimate of drug-likeness (QED) is 0.625. The minimum absolute atomic E-state index is 0.215. The van der Waals surface area contributed by atoms with Crippen molar-refractivity contribution in [2.75, 3.05) is 0 Å². The second-order valence-corrected chi connectivity index (χ2v) is 6.21. The lowest BCUT2D eigenvalue weighted by molar-refractivity contribution is -0.309. The lowest BCUT2D eigenvalue weighted by Gasteiger charge is -2.23. The van der Waals surface area contributed by atoms with E-state index in [-0.39, 0.29) is 4.32 Å². The number of halogens is 1. The third kappa shape index (κ3) is 3.03. The number of aliphatic carboxylic acids is 1. The number of amides is 1. The Labute approximate surface area is 130 Å². The van der Waals surface area contributed by atoms with Crippen LogP contribution in [0.4, 0.5) is 0 Å². The fourth-order valence-electron chi connectivity index (χ4n) is 1.63. The molecule has 1 aromatic carbocycles. The van der Waals surface area contributed by atoms with Crippen LogP contribution in [0.15, 0.2) is 29.2 Å². The Morgan fingerprint density at radius 1 is 1.45 bits per heavy atom. The molecule has 2 rings (SSSR count). The van der Waals surface area contributed by atoms with Gasteiger partial charge in [0.2, 0.25) is 0 Å². The van der Waals surface area contributed by atoms with Crippen molar-refractivity contribution in [2.45, 2.75) is 13.0 Å². The first-order valence-electron chi connectivity index (χ1n) is 5.63. The molecule has 0 bridgehead atoms. The van der Waals surface area contributed by atoms with Crippen LogP contribution in [0.2, 0.25) is 5.02 Å². The summed E-state index contributed by atoms with van der Waals surface area (Å²) in [5.74, 6) is -1.76. The van der Waals surface area contributed by atoms with Gasteiger partial charge in [-0.1, -0.05) is 47.7 Å². The fourth-order valence-corrected chi connectivity index (χ4v) is 3.17. The van der Waals surface area contributed by atoms with Gasteiger partial charge in [0.25, 0.3) is 5.91 Å². The zero-order chi connectivity index (χ0) is 14.9. The van der Waals surface area contributed by atoms with Crippen molar-refractivity contribution in [3.8, 4) is 0 Å². The smallest absolute Gasteiger partial charge is 0.266 e. The predicted molar refractivity (Wildman–Crippen MR) is 80.9 cm³/mol. The van der Waals surface area contributed by atoms with Crippen molar-refractivity contribution < 1.29 is 14.7 Å². The number of carbonyl (C=O) groups excluding carboxylic acids is 2. The number of carboxylic acids is 1. The highest BCUT2D eigenvalue weighted by molar-refractivity contribution is 8.26. The summed E-state index contributed by atoms with van der Waals surface area (Å²) >= 11 is 11.9.